The Morgan fingerprint density at radius 1 is 1.25 bits per heavy atom. The summed E-state index contributed by atoms with van der Waals surface area (Å²) in [4.78, 5) is 3.79. The van der Waals surface area contributed by atoms with Crippen LogP contribution in [0.2, 0.25) is 0 Å². The molecular formula is C16H19FN2O. The third kappa shape index (κ3) is 3.78. The number of nitrogens with one attached hydrogen (secondary N) is 1. The average molecular weight is 274 g/mol. The van der Waals surface area contributed by atoms with Crippen LogP contribution in [0.25, 0.3) is 0 Å². The van der Waals surface area contributed by atoms with Gasteiger partial charge in [-0.15, -0.1) is 0 Å². The molecule has 1 atom stereocenters. The van der Waals surface area contributed by atoms with Gasteiger partial charge in [-0.3, -0.25) is 4.98 Å². The summed E-state index contributed by atoms with van der Waals surface area (Å²) >= 11 is 0. The quantitative estimate of drug-likeness (QED) is 0.875. The first kappa shape index (κ1) is 14.5. The lowest BCUT2D eigenvalue weighted by atomic mass is 10.0. The zero-order chi connectivity index (χ0) is 14.4. The third-order valence-electron chi connectivity index (χ3n) is 3.21. The highest BCUT2D eigenvalue weighted by Crippen LogP contribution is 2.20. The molecule has 0 amide bonds. The molecule has 4 heteroatoms. The molecule has 1 aromatic carbocycles. The van der Waals surface area contributed by atoms with Gasteiger partial charge < -0.3 is 10.1 Å². The van der Waals surface area contributed by atoms with Crippen molar-refractivity contribution < 1.29 is 9.13 Å². The zero-order valence-electron chi connectivity index (χ0n) is 11.8. The molecule has 0 fully saturated rings. The van der Waals surface area contributed by atoms with E-state index in [0.29, 0.717) is 12.6 Å². The van der Waals surface area contributed by atoms with Crippen LogP contribution in [-0.2, 0) is 6.61 Å². The van der Waals surface area contributed by atoms with Gasteiger partial charge in [-0.25, -0.2) is 4.39 Å². The number of hydrogen-bond acceptors (Lipinski definition) is 3. The SMILES string of the molecule is CCC(NC)c1ccc(OCc2cncc(F)c2)cc1. The minimum Gasteiger partial charge on any atom is -0.489 e. The maximum atomic E-state index is 13.0. The first-order valence-electron chi connectivity index (χ1n) is 6.72. The second-order valence-electron chi connectivity index (χ2n) is 4.62. The van der Waals surface area contributed by atoms with Crippen LogP contribution in [0.4, 0.5) is 4.39 Å². The van der Waals surface area contributed by atoms with E-state index in [4.69, 9.17) is 4.74 Å². The van der Waals surface area contributed by atoms with Crippen molar-refractivity contribution in [2.24, 2.45) is 0 Å². The largest absolute Gasteiger partial charge is 0.489 e. The molecular weight excluding hydrogens is 255 g/mol. The molecule has 0 aliphatic carbocycles. The van der Waals surface area contributed by atoms with Crippen LogP contribution in [0.3, 0.4) is 0 Å². The van der Waals surface area contributed by atoms with Gasteiger partial charge in [0.25, 0.3) is 0 Å². The van der Waals surface area contributed by atoms with E-state index >= 15 is 0 Å². The molecule has 106 valence electrons. The Morgan fingerprint density at radius 2 is 2.00 bits per heavy atom. The monoisotopic (exact) mass is 274 g/mol. The van der Waals surface area contributed by atoms with Crippen molar-refractivity contribution in [1.29, 1.82) is 0 Å². The molecule has 1 aromatic heterocycles. The van der Waals surface area contributed by atoms with E-state index in [-0.39, 0.29) is 5.82 Å². The molecule has 2 rings (SSSR count). The fourth-order valence-electron chi connectivity index (χ4n) is 2.10. The standard InChI is InChI=1S/C16H19FN2O/c1-3-16(18-2)13-4-6-15(7-5-13)20-11-12-8-14(17)10-19-9-12/h4-10,16,18H,3,11H2,1-2H3. The fourth-order valence-corrected chi connectivity index (χ4v) is 2.10. The number of rotatable bonds is 6. The first-order valence-corrected chi connectivity index (χ1v) is 6.72. The predicted octanol–water partition coefficient (Wildman–Crippen LogP) is 3.47. The van der Waals surface area contributed by atoms with Gasteiger partial charge in [0.2, 0.25) is 0 Å². The average Bonchev–Trinajstić information content (AvgIpc) is 2.48. The van der Waals surface area contributed by atoms with Gasteiger partial charge in [0.15, 0.2) is 0 Å². The fraction of sp³-hybridized carbons (Fsp3) is 0.312. The topological polar surface area (TPSA) is 34.1 Å². The van der Waals surface area contributed by atoms with Crippen LogP contribution in [0, 0.1) is 5.82 Å². The smallest absolute Gasteiger partial charge is 0.141 e. The van der Waals surface area contributed by atoms with E-state index in [2.05, 4.69) is 17.2 Å². The minimum atomic E-state index is -0.346. The molecule has 20 heavy (non-hydrogen) atoms. The van der Waals surface area contributed by atoms with Crippen LogP contribution >= 0.6 is 0 Å². The van der Waals surface area contributed by atoms with E-state index in [1.54, 1.807) is 6.20 Å². The maximum Gasteiger partial charge on any atom is 0.141 e. The Morgan fingerprint density at radius 3 is 2.60 bits per heavy atom. The molecule has 1 unspecified atom stereocenters. The van der Waals surface area contributed by atoms with E-state index in [0.717, 1.165) is 17.7 Å². The van der Waals surface area contributed by atoms with Gasteiger partial charge in [0, 0.05) is 17.8 Å². The Labute approximate surface area is 118 Å². The maximum absolute atomic E-state index is 13.0. The van der Waals surface area contributed by atoms with Gasteiger partial charge in [-0.05, 0) is 37.2 Å². The second kappa shape index (κ2) is 7.01. The van der Waals surface area contributed by atoms with Crippen molar-refractivity contribution in [1.82, 2.24) is 10.3 Å². The highest BCUT2D eigenvalue weighted by Gasteiger charge is 2.06. The predicted molar refractivity (Wildman–Crippen MR) is 77.1 cm³/mol. The number of nitrogens with zero attached hydrogens (tertiary/aromatic N) is 1. The number of hydrogen-bond donors (Lipinski definition) is 1. The number of ether oxygens (including phenoxy) is 1. The molecule has 0 spiro atoms. The summed E-state index contributed by atoms with van der Waals surface area (Å²) in [5.41, 5.74) is 1.95. The molecule has 1 heterocycles. The zero-order valence-corrected chi connectivity index (χ0v) is 11.8. The van der Waals surface area contributed by atoms with Crippen molar-refractivity contribution >= 4 is 0 Å². The second-order valence-corrected chi connectivity index (χ2v) is 4.62. The molecule has 2 aromatic rings. The molecule has 0 saturated heterocycles. The van der Waals surface area contributed by atoms with Crippen molar-refractivity contribution in [2.75, 3.05) is 7.05 Å². The Kier molecular flexibility index (Phi) is 5.07. The third-order valence-corrected chi connectivity index (χ3v) is 3.21. The van der Waals surface area contributed by atoms with Crippen molar-refractivity contribution in [3.05, 3.63) is 59.7 Å². The Balaban J connectivity index is 1.97. The van der Waals surface area contributed by atoms with Crippen LogP contribution in [0.5, 0.6) is 5.75 Å². The molecule has 0 saturated carbocycles. The van der Waals surface area contributed by atoms with Crippen molar-refractivity contribution in [3.8, 4) is 5.75 Å². The van der Waals surface area contributed by atoms with Crippen LogP contribution < -0.4 is 10.1 Å². The summed E-state index contributed by atoms with van der Waals surface area (Å²) in [5.74, 6) is 0.422. The van der Waals surface area contributed by atoms with E-state index < -0.39 is 0 Å². The van der Waals surface area contributed by atoms with Gasteiger partial charge in [0.05, 0.1) is 6.20 Å². The van der Waals surface area contributed by atoms with Gasteiger partial charge in [0.1, 0.15) is 18.2 Å². The van der Waals surface area contributed by atoms with Gasteiger partial charge in [-0.2, -0.15) is 0 Å². The first-order chi connectivity index (χ1) is 9.72. The number of aromatic nitrogens is 1. The molecule has 1 N–H and O–H groups in total. The van der Waals surface area contributed by atoms with E-state index in [9.17, 15) is 4.39 Å². The summed E-state index contributed by atoms with van der Waals surface area (Å²) in [6.45, 7) is 2.45. The summed E-state index contributed by atoms with van der Waals surface area (Å²) in [5, 5.41) is 3.26. The number of benzene rings is 1. The van der Waals surface area contributed by atoms with Crippen LogP contribution in [0.15, 0.2) is 42.7 Å². The lowest BCUT2D eigenvalue weighted by Crippen LogP contribution is -2.14. The molecule has 0 radical (unpaired) electrons. The van der Waals surface area contributed by atoms with E-state index in [1.165, 1.54) is 17.8 Å². The van der Waals surface area contributed by atoms with Crippen LogP contribution in [-0.4, -0.2) is 12.0 Å². The lowest BCUT2D eigenvalue weighted by molar-refractivity contribution is 0.305. The van der Waals surface area contributed by atoms with E-state index in [1.807, 2.05) is 31.3 Å². The van der Waals surface area contributed by atoms with Crippen molar-refractivity contribution in [2.45, 2.75) is 26.0 Å². The normalized spacial score (nSPS) is 12.2. The van der Waals surface area contributed by atoms with Crippen LogP contribution in [0.1, 0.15) is 30.5 Å². The highest BCUT2D eigenvalue weighted by atomic mass is 19.1. The lowest BCUT2D eigenvalue weighted by Gasteiger charge is -2.14. The summed E-state index contributed by atoms with van der Waals surface area (Å²) in [7, 11) is 1.95. The van der Waals surface area contributed by atoms with Crippen molar-refractivity contribution in [3.63, 3.8) is 0 Å². The molecule has 0 aliphatic rings. The van der Waals surface area contributed by atoms with Gasteiger partial charge in [-0.1, -0.05) is 19.1 Å². The molecule has 0 aliphatic heterocycles. The minimum absolute atomic E-state index is 0.313. The molecule has 0 bridgehead atoms. The Bertz CT molecular complexity index is 538. The Hall–Kier alpha value is -1.94. The summed E-state index contributed by atoms with van der Waals surface area (Å²) in [6, 6.07) is 9.74. The number of pyridine rings is 1. The van der Waals surface area contributed by atoms with Gasteiger partial charge >= 0.3 is 0 Å². The summed E-state index contributed by atoms with van der Waals surface area (Å²) < 4.78 is 18.6. The number of halogens is 1. The summed E-state index contributed by atoms with van der Waals surface area (Å²) in [6.07, 6.45) is 3.82. The molecule has 3 nitrogen and oxygen atoms in total. The highest BCUT2D eigenvalue weighted by molar-refractivity contribution is 5.29.